The average Bonchev–Trinajstić information content (AvgIpc) is 2.25. The van der Waals surface area contributed by atoms with Gasteiger partial charge in [0.25, 0.3) is 0 Å². The smallest absolute Gasteiger partial charge is 0.131 e. The van der Waals surface area contributed by atoms with Crippen molar-refractivity contribution in [3.8, 4) is 0 Å². The van der Waals surface area contributed by atoms with Gasteiger partial charge < -0.3 is 10.0 Å². The second-order valence-electron chi connectivity index (χ2n) is 4.94. The first-order valence-electron chi connectivity index (χ1n) is 6.05. The van der Waals surface area contributed by atoms with Gasteiger partial charge in [-0.05, 0) is 31.9 Å². The molecular weight excluding hydrogens is 217 g/mol. The molecule has 96 valence electrons. The van der Waals surface area contributed by atoms with Crippen LogP contribution in [0.15, 0.2) is 18.2 Å². The van der Waals surface area contributed by atoms with Crippen molar-refractivity contribution in [3.05, 3.63) is 29.6 Å². The third-order valence-corrected chi connectivity index (χ3v) is 3.40. The molecule has 0 bridgehead atoms. The quantitative estimate of drug-likeness (QED) is 0.871. The Labute approximate surface area is 103 Å². The summed E-state index contributed by atoms with van der Waals surface area (Å²) in [5.74, 6) is 0.116. The Morgan fingerprint density at radius 2 is 1.76 bits per heavy atom. The molecule has 1 aromatic carbocycles. The van der Waals surface area contributed by atoms with E-state index in [4.69, 9.17) is 0 Å². The number of hydrogen-bond donors (Lipinski definition) is 1. The van der Waals surface area contributed by atoms with E-state index in [1.54, 1.807) is 13.0 Å². The zero-order chi connectivity index (χ0) is 13.2. The maximum Gasteiger partial charge on any atom is 0.131 e. The van der Waals surface area contributed by atoms with Crippen LogP contribution >= 0.6 is 0 Å². The summed E-state index contributed by atoms with van der Waals surface area (Å²) < 4.78 is 13.7. The number of halogens is 1. The molecule has 0 aliphatic carbocycles. The topological polar surface area (TPSA) is 23.5 Å². The minimum atomic E-state index is -0.798. The molecule has 0 aliphatic rings. The lowest BCUT2D eigenvalue weighted by atomic mass is 10.0. The van der Waals surface area contributed by atoms with Crippen LogP contribution in [0.3, 0.4) is 0 Å². The van der Waals surface area contributed by atoms with E-state index in [-0.39, 0.29) is 11.9 Å². The summed E-state index contributed by atoms with van der Waals surface area (Å²) in [7, 11) is 1.94. The molecule has 0 spiro atoms. The van der Waals surface area contributed by atoms with Gasteiger partial charge in [0.05, 0.1) is 6.10 Å². The van der Waals surface area contributed by atoms with Gasteiger partial charge in [0.15, 0.2) is 0 Å². The maximum absolute atomic E-state index is 13.7. The molecule has 1 N–H and O–H groups in total. The molecule has 0 saturated heterocycles. The zero-order valence-corrected chi connectivity index (χ0v) is 11.2. The normalized spacial score (nSPS) is 14.8. The minimum Gasteiger partial charge on any atom is -0.389 e. The summed E-state index contributed by atoms with van der Waals surface area (Å²) in [6.07, 6.45) is -0.798. The molecule has 1 unspecified atom stereocenters. The second kappa shape index (κ2) is 5.50. The van der Waals surface area contributed by atoms with Crippen molar-refractivity contribution < 1.29 is 9.50 Å². The van der Waals surface area contributed by atoms with Crippen LogP contribution in [0.1, 0.15) is 39.4 Å². The maximum atomic E-state index is 13.7. The predicted octanol–water partition coefficient (Wildman–Crippen LogP) is 3.36. The van der Waals surface area contributed by atoms with Crippen LogP contribution in [0.25, 0.3) is 0 Å². The Bertz CT molecular complexity index is 376. The van der Waals surface area contributed by atoms with Crippen LogP contribution < -0.4 is 4.90 Å². The Morgan fingerprint density at radius 1 is 1.18 bits per heavy atom. The standard InChI is InChI=1S/C14H22FNO/c1-9(2)10(3)16(5)13-8-6-7-12(15)14(13)11(4)17/h6-11,17H,1-5H3/t10?,11-/m1/s1. The average molecular weight is 239 g/mol. The Kier molecular flexibility index (Phi) is 4.52. The number of aliphatic hydroxyl groups excluding tert-OH is 1. The minimum absolute atomic E-state index is 0.286. The van der Waals surface area contributed by atoms with E-state index >= 15 is 0 Å². The lowest BCUT2D eigenvalue weighted by Crippen LogP contribution is -2.34. The van der Waals surface area contributed by atoms with Gasteiger partial charge in [-0.15, -0.1) is 0 Å². The highest BCUT2D eigenvalue weighted by Crippen LogP contribution is 2.30. The number of benzene rings is 1. The van der Waals surface area contributed by atoms with E-state index in [1.807, 2.05) is 18.0 Å². The summed E-state index contributed by atoms with van der Waals surface area (Å²) in [5, 5.41) is 9.69. The van der Waals surface area contributed by atoms with E-state index in [2.05, 4.69) is 20.8 Å². The number of anilines is 1. The van der Waals surface area contributed by atoms with Crippen LogP contribution in [0.2, 0.25) is 0 Å². The van der Waals surface area contributed by atoms with Gasteiger partial charge in [-0.2, -0.15) is 0 Å². The van der Waals surface area contributed by atoms with E-state index in [1.165, 1.54) is 6.07 Å². The van der Waals surface area contributed by atoms with Crippen molar-refractivity contribution in [2.45, 2.75) is 39.8 Å². The molecule has 0 heterocycles. The van der Waals surface area contributed by atoms with Crippen LogP contribution in [0.4, 0.5) is 10.1 Å². The number of nitrogens with zero attached hydrogens (tertiary/aromatic N) is 1. The van der Waals surface area contributed by atoms with E-state index in [0.717, 1.165) is 5.69 Å². The van der Waals surface area contributed by atoms with Crippen LogP contribution in [-0.2, 0) is 0 Å². The van der Waals surface area contributed by atoms with Crippen LogP contribution in [0.5, 0.6) is 0 Å². The Hall–Kier alpha value is -1.09. The first-order valence-corrected chi connectivity index (χ1v) is 6.05. The summed E-state index contributed by atoms with van der Waals surface area (Å²) in [6.45, 7) is 7.95. The number of aliphatic hydroxyl groups is 1. The van der Waals surface area contributed by atoms with Gasteiger partial charge in [0.2, 0.25) is 0 Å². The summed E-state index contributed by atoms with van der Waals surface area (Å²) in [5.41, 5.74) is 1.14. The van der Waals surface area contributed by atoms with Gasteiger partial charge in [-0.3, -0.25) is 0 Å². The molecule has 0 aliphatic heterocycles. The Balaban J connectivity index is 3.17. The molecule has 1 rings (SSSR count). The molecule has 1 aromatic rings. The first-order chi connectivity index (χ1) is 7.86. The second-order valence-corrected chi connectivity index (χ2v) is 4.94. The number of hydrogen-bond acceptors (Lipinski definition) is 2. The molecule has 0 saturated carbocycles. The molecule has 0 radical (unpaired) electrons. The fourth-order valence-electron chi connectivity index (χ4n) is 1.91. The van der Waals surface area contributed by atoms with Crippen molar-refractivity contribution in [2.75, 3.05) is 11.9 Å². The first kappa shape index (κ1) is 14.0. The molecule has 0 aromatic heterocycles. The highest BCUT2D eigenvalue weighted by atomic mass is 19.1. The van der Waals surface area contributed by atoms with Crippen molar-refractivity contribution in [3.63, 3.8) is 0 Å². The monoisotopic (exact) mass is 239 g/mol. The lowest BCUT2D eigenvalue weighted by molar-refractivity contribution is 0.194. The molecular formula is C14H22FNO. The van der Waals surface area contributed by atoms with Crippen LogP contribution in [0, 0.1) is 11.7 Å². The Morgan fingerprint density at radius 3 is 2.24 bits per heavy atom. The lowest BCUT2D eigenvalue weighted by Gasteiger charge is -2.32. The molecule has 0 fully saturated rings. The van der Waals surface area contributed by atoms with Crippen molar-refractivity contribution in [1.82, 2.24) is 0 Å². The van der Waals surface area contributed by atoms with Gasteiger partial charge in [0, 0.05) is 24.3 Å². The molecule has 2 atom stereocenters. The molecule has 17 heavy (non-hydrogen) atoms. The predicted molar refractivity (Wildman–Crippen MR) is 69.7 cm³/mol. The highest BCUT2D eigenvalue weighted by molar-refractivity contribution is 5.55. The zero-order valence-electron chi connectivity index (χ0n) is 11.2. The fraction of sp³-hybridized carbons (Fsp3) is 0.571. The van der Waals surface area contributed by atoms with Crippen molar-refractivity contribution in [1.29, 1.82) is 0 Å². The summed E-state index contributed by atoms with van der Waals surface area (Å²) in [6, 6.07) is 5.21. The summed E-state index contributed by atoms with van der Waals surface area (Å²) >= 11 is 0. The summed E-state index contributed by atoms with van der Waals surface area (Å²) in [4.78, 5) is 2.02. The van der Waals surface area contributed by atoms with E-state index in [9.17, 15) is 9.50 Å². The van der Waals surface area contributed by atoms with Gasteiger partial charge in [-0.25, -0.2) is 4.39 Å². The van der Waals surface area contributed by atoms with Gasteiger partial charge in [-0.1, -0.05) is 19.9 Å². The van der Waals surface area contributed by atoms with E-state index < -0.39 is 6.10 Å². The van der Waals surface area contributed by atoms with Crippen LogP contribution in [-0.4, -0.2) is 18.2 Å². The fourth-order valence-corrected chi connectivity index (χ4v) is 1.91. The van der Waals surface area contributed by atoms with Crippen molar-refractivity contribution in [2.24, 2.45) is 5.92 Å². The van der Waals surface area contributed by atoms with Gasteiger partial charge >= 0.3 is 0 Å². The van der Waals surface area contributed by atoms with E-state index in [0.29, 0.717) is 11.5 Å². The highest BCUT2D eigenvalue weighted by Gasteiger charge is 2.20. The third kappa shape index (κ3) is 2.97. The molecule has 0 amide bonds. The van der Waals surface area contributed by atoms with Gasteiger partial charge in [0.1, 0.15) is 5.82 Å². The molecule has 3 heteroatoms. The number of rotatable bonds is 4. The largest absolute Gasteiger partial charge is 0.389 e. The molecule has 2 nitrogen and oxygen atoms in total. The SMILES string of the molecule is CC(C)C(C)N(C)c1cccc(F)c1[C@@H](C)O. The third-order valence-electron chi connectivity index (χ3n) is 3.40. The van der Waals surface area contributed by atoms with Crippen molar-refractivity contribution >= 4 is 5.69 Å².